The Hall–Kier alpha value is -3.28. The van der Waals surface area contributed by atoms with E-state index < -0.39 is 6.09 Å². The van der Waals surface area contributed by atoms with Crippen LogP contribution < -0.4 is 20.1 Å². The molecule has 1 unspecified atom stereocenters. The molecule has 2 heterocycles. The maximum atomic E-state index is 12.9. The molecule has 11 heteroatoms. The highest BCUT2D eigenvalue weighted by molar-refractivity contribution is 8.14. The van der Waals surface area contributed by atoms with Crippen LogP contribution in [0.5, 0.6) is 11.5 Å². The summed E-state index contributed by atoms with van der Waals surface area (Å²) < 4.78 is 16.1. The van der Waals surface area contributed by atoms with E-state index in [1.54, 1.807) is 26.4 Å². The number of thioether (sulfide) groups is 1. The molecule has 2 aliphatic heterocycles. The van der Waals surface area contributed by atoms with Crippen LogP contribution in [0.2, 0.25) is 0 Å². The summed E-state index contributed by atoms with van der Waals surface area (Å²) >= 11 is 1.27. The predicted octanol–water partition coefficient (Wildman–Crippen LogP) is 4.01. The number of anilines is 1. The summed E-state index contributed by atoms with van der Waals surface area (Å²) in [6, 6.07) is 13.0. The third-order valence-corrected chi connectivity index (χ3v) is 7.67. The topological polar surface area (TPSA) is 105 Å². The van der Waals surface area contributed by atoms with Gasteiger partial charge in [-0.05, 0) is 42.3 Å². The van der Waals surface area contributed by atoms with Gasteiger partial charge in [0, 0.05) is 44.0 Å². The van der Waals surface area contributed by atoms with E-state index in [1.807, 2.05) is 37.3 Å². The van der Waals surface area contributed by atoms with Crippen LogP contribution >= 0.6 is 11.8 Å². The molecule has 0 aliphatic carbocycles. The smallest absolute Gasteiger partial charge is 0.411 e. The van der Waals surface area contributed by atoms with Crippen LogP contribution in [-0.2, 0) is 11.3 Å². The fourth-order valence-corrected chi connectivity index (χ4v) is 5.24. The largest absolute Gasteiger partial charge is 0.493 e. The monoisotopic (exact) mass is 541 g/mol. The van der Waals surface area contributed by atoms with Crippen molar-refractivity contribution in [2.24, 2.45) is 5.10 Å². The van der Waals surface area contributed by atoms with Crippen molar-refractivity contribution >= 4 is 34.5 Å². The van der Waals surface area contributed by atoms with Gasteiger partial charge in [-0.25, -0.2) is 9.80 Å². The molecular formula is C27H35N5O5S. The SMILES string of the molecule is CCC1SC(=O)N(Cc2ccc(NC(=O)OCCN3CCNCC3)cc2)N=C1c1ccc(OC)c(OC)c1. The highest BCUT2D eigenvalue weighted by Crippen LogP contribution is 2.33. The molecule has 0 spiro atoms. The molecule has 1 atom stereocenters. The van der Waals surface area contributed by atoms with Crippen LogP contribution in [0, 0.1) is 0 Å². The average Bonchev–Trinajstić information content (AvgIpc) is 2.95. The van der Waals surface area contributed by atoms with E-state index in [9.17, 15) is 9.59 Å². The van der Waals surface area contributed by atoms with E-state index in [0.29, 0.717) is 30.3 Å². The first-order valence-corrected chi connectivity index (χ1v) is 13.6. The minimum atomic E-state index is -0.481. The second-order valence-corrected chi connectivity index (χ2v) is 10.1. The van der Waals surface area contributed by atoms with Crippen molar-refractivity contribution in [1.29, 1.82) is 0 Å². The van der Waals surface area contributed by atoms with E-state index >= 15 is 0 Å². The van der Waals surface area contributed by atoms with Crippen LogP contribution in [-0.4, -0.2) is 85.8 Å². The zero-order valence-corrected chi connectivity index (χ0v) is 22.9. The molecule has 2 aromatic carbocycles. The molecule has 2 aliphatic rings. The van der Waals surface area contributed by atoms with Gasteiger partial charge in [-0.3, -0.25) is 15.0 Å². The fourth-order valence-electron chi connectivity index (χ4n) is 4.31. The number of hydrogen-bond donors (Lipinski definition) is 2. The maximum Gasteiger partial charge on any atom is 0.411 e. The molecule has 2 amide bonds. The van der Waals surface area contributed by atoms with Crippen molar-refractivity contribution in [2.45, 2.75) is 25.1 Å². The minimum Gasteiger partial charge on any atom is -0.493 e. The van der Waals surface area contributed by atoms with Gasteiger partial charge in [-0.1, -0.05) is 30.8 Å². The third kappa shape index (κ3) is 7.18. The molecule has 1 saturated heterocycles. The molecule has 10 nitrogen and oxygen atoms in total. The van der Waals surface area contributed by atoms with Crippen molar-refractivity contribution in [3.8, 4) is 11.5 Å². The summed E-state index contributed by atoms with van der Waals surface area (Å²) in [7, 11) is 3.19. The van der Waals surface area contributed by atoms with Gasteiger partial charge in [0.05, 0.1) is 31.7 Å². The zero-order valence-electron chi connectivity index (χ0n) is 22.1. The molecule has 1 fully saturated rings. The number of nitrogens with one attached hydrogen (secondary N) is 2. The van der Waals surface area contributed by atoms with E-state index in [0.717, 1.165) is 56.0 Å². The lowest BCUT2D eigenvalue weighted by atomic mass is 10.0. The van der Waals surface area contributed by atoms with Gasteiger partial charge in [0.1, 0.15) is 6.61 Å². The Morgan fingerprint density at radius 2 is 1.84 bits per heavy atom. The molecular weight excluding hydrogens is 506 g/mol. The van der Waals surface area contributed by atoms with Crippen LogP contribution in [0.3, 0.4) is 0 Å². The predicted molar refractivity (Wildman–Crippen MR) is 149 cm³/mol. The zero-order chi connectivity index (χ0) is 26.9. The molecule has 2 N–H and O–H groups in total. The quantitative estimate of drug-likeness (QED) is 0.465. The Morgan fingerprint density at radius 3 is 2.53 bits per heavy atom. The van der Waals surface area contributed by atoms with Crippen molar-refractivity contribution in [1.82, 2.24) is 15.2 Å². The second-order valence-electron chi connectivity index (χ2n) is 8.94. The summed E-state index contributed by atoms with van der Waals surface area (Å²) in [6.45, 7) is 7.27. The first-order chi connectivity index (χ1) is 18.5. The molecule has 0 aromatic heterocycles. The van der Waals surface area contributed by atoms with Crippen LogP contribution in [0.1, 0.15) is 24.5 Å². The third-order valence-electron chi connectivity index (χ3n) is 6.42. The number of rotatable bonds is 10. The highest BCUT2D eigenvalue weighted by atomic mass is 32.2. The van der Waals surface area contributed by atoms with Crippen molar-refractivity contribution in [3.05, 3.63) is 53.6 Å². The Bertz CT molecular complexity index is 1140. The molecule has 38 heavy (non-hydrogen) atoms. The van der Waals surface area contributed by atoms with E-state index in [-0.39, 0.29) is 10.5 Å². The molecule has 204 valence electrons. The lowest BCUT2D eigenvalue weighted by Crippen LogP contribution is -2.44. The standard InChI is InChI=1S/C27H35N5O5S/c1-4-24-25(20-7-10-22(35-2)23(17-20)36-3)30-32(27(34)38-24)18-19-5-8-21(9-6-19)29-26(33)37-16-15-31-13-11-28-12-14-31/h5-10,17,24,28H,4,11-16,18H2,1-3H3,(H,29,33). The van der Waals surface area contributed by atoms with Crippen molar-refractivity contribution < 1.29 is 23.8 Å². The van der Waals surface area contributed by atoms with Crippen LogP contribution in [0.15, 0.2) is 47.6 Å². The van der Waals surface area contributed by atoms with Crippen molar-refractivity contribution in [2.75, 3.05) is 58.9 Å². The number of piperazine rings is 1. The van der Waals surface area contributed by atoms with Gasteiger partial charge in [-0.2, -0.15) is 5.10 Å². The Kier molecular flexibility index (Phi) is 9.85. The molecule has 0 saturated carbocycles. The lowest BCUT2D eigenvalue weighted by molar-refractivity contribution is 0.134. The molecule has 2 aromatic rings. The number of methoxy groups -OCH3 is 2. The van der Waals surface area contributed by atoms with Gasteiger partial charge in [-0.15, -0.1) is 0 Å². The van der Waals surface area contributed by atoms with E-state index in [1.165, 1.54) is 16.8 Å². The molecule has 4 rings (SSSR count). The number of nitrogens with zero attached hydrogens (tertiary/aromatic N) is 3. The first-order valence-electron chi connectivity index (χ1n) is 12.8. The van der Waals surface area contributed by atoms with Gasteiger partial charge in [0.25, 0.3) is 0 Å². The minimum absolute atomic E-state index is 0.0546. The number of benzene rings is 2. The Balaban J connectivity index is 1.37. The van der Waals surface area contributed by atoms with Crippen LogP contribution in [0.25, 0.3) is 0 Å². The number of carbonyl (C=O) groups excluding carboxylic acids is 2. The van der Waals surface area contributed by atoms with Crippen LogP contribution in [0.4, 0.5) is 15.3 Å². The first kappa shape index (κ1) is 27.7. The summed E-state index contributed by atoms with van der Waals surface area (Å²) in [5.74, 6) is 1.25. The Labute approximate surface area is 227 Å². The summed E-state index contributed by atoms with van der Waals surface area (Å²) in [6.07, 6.45) is 0.286. The number of carbonyl (C=O) groups is 2. The number of amides is 2. The second kappa shape index (κ2) is 13.5. The Morgan fingerprint density at radius 1 is 1.11 bits per heavy atom. The number of hydrogen-bond acceptors (Lipinski definition) is 9. The average molecular weight is 542 g/mol. The number of ether oxygens (including phenoxy) is 3. The van der Waals surface area contributed by atoms with Gasteiger partial charge in [0.2, 0.25) is 0 Å². The van der Waals surface area contributed by atoms with Gasteiger partial charge in [0.15, 0.2) is 11.5 Å². The fraction of sp³-hybridized carbons (Fsp3) is 0.444. The highest BCUT2D eigenvalue weighted by Gasteiger charge is 2.30. The summed E-state index contributed by atoms with van der Waals surface area (Å²) in [5.41, 5.74) is 3.22. The van der Waals surface area contributed by atoms with Gasteiger partial charge < -0.3 is 19.5 Å². The maximum absolute atomic E-state index is 12.9. The summed E-state index contributed by atoms with van der Waals surface area (Å²) in [4.78, 5) is 27.3. The molecule has 0 bridgehead atoms. The van der Waals surface area contributed by atoms with E-state index in [4.69, 9.17) is 19.3 Å². The molecule has 0 radical (unpaired) electrons. The van der Waals surface area contributed by atoms with E-state index in [2.05, 4.69) is 15.5 Å². The number of hydrazone groups is 1. The summed E-state index contributed by atoms with van der Waals surface area (Å²) in [5, 5.41) is 12.1. The van der Waals surface area contributed by atoms with Gasteiger partial charge >= 0.3 is 11.3 Å². The van der Waals surface area contributed by atoms with Crippen molar-refractivity contribution in [3.63, 3.8) is 0 Å². The lowest BCUT2D eigenvalue weighted by Gasteiger charge is -2.28. The normalized spacial score (nSPS) is 18.1.